The number of fused-ring (bicyclic) bond motifs is 1. The van der Waals surface area contributed by atoms with Crippen LogP contribution in [0.15, 0.2) is 32.3 Å². The first kappa shape index (κ1) is 21.9. The number of rotatable bonds is 8. The maximum atomic E-state index is 14.0. The van der Waals surface area contributed by atoms with E-state index in [1.165, 1.54) is 22.8 Å². The predicted octanol–water partition coefficient (Wildman–Crippen LogP) is 3.36. The van der Waals surface area contributed by atoms with Crippen molar-refractivity contribution >= 4 is 33.1 Å². The molecule has 3 aromatic rings. The second kappa shape index (κ2) is 9.38. The highest BCUT2D eigenvalue weighted by Gasteiger charge is 2.20. The van der Waals surface area contributed by atoms with Crippen molar-refractivity contribution in [3.8, 4) is 0 Å². The number of aromatic nitrogens is 4. The molecule has 0 fully saturated rings. The number of aromatic amines is 1. The standard InChI is InChI=1S/C20H22BrFN4O4/c1-3-5-9-26-17-16(18(27)24-20(26)29)25(8-4-2)15(23-17)11-30-19(28)13-10-12(21)6-7-14(13)22/h6-7,10H,3-5,8-9,11H2,1-2H3,(H,24,27,29). The van der Waals surface area contributed by atoms with Crippen LogP contribution in [0.5, 0.6) is 0 Å². The number of benzene rings is 1. The summed E-state index contributed by atoms with van der Waals surface area (Å²) in [7, 11) is 0. The van der Waals surface area contributed by atoms with Crippen LogP contribution in [0.2, 0.25) is 0 Å². The third-order valence-corrected chi connectivity index (χ3v) is 5.12. The molecule has 0 saturated carbocycles. The maximum absolute atomic E-state index is 14.0. The van der Waals surface area contributed by atoms with Crippen molar-refractivity contribution in [2.45, 2.75) is 52.8 Å². The minimum atomic E-state index is -0.846. The Labute approximate surface area is 179 Å². The molecule has 3 rings (SSSR count). The number of H-pyrrole nitrogens is 1. The van der Waals surface area contributed by atoms with E-state index in [0.717, 1.165) is 12.8 Å². The van der Waals surface area contributed by atoms with Crippen LogP contribution in [0.3, 0.4) is 0 Å². The summed E-state index contributed by atoms with van der Waals surface area (Å²) in [4.78, 5) is 43.9. The van der Waals surface area contributed by atoms with Crippen molar-refractivity contribution in [1.82, 2.24) is 19.1 Å². The molecule has 0 radical (unpaired) electrons. The molecule has 0 amide bonds. The molecule has 30 heavy (non-hydrogen) atoms. The van der Waals surface area contributed by atoms with Crippen LogP contribution in [0, 0.1) is 5.82 Å². The number of esters is 1. The molecule has 8 nitrogen and oxygen atoms in total. The predicted molar refractivity (Wildman–Crippen MR) is 113 cm³/mol. The molecule has 0 unspecified atom stereocenters. The van der Waals surface area contributed by atoms with E-state index in [4.69, 9.17) is 4.74 Å². The van der Waals surface area contributed by atoms with Crippen LogP contribution in [0.25, 0.3) is 11.2 Å². The number of imidazole rings is 1. The van der Waals surface area contributed by atoms with E-state index in [0.29, 0.717) is 29.8 Å². The molecule has 1 N–H and O–H groups in total. The fourth-order valence-corrected chi connectivity index (χ4v) is 3.54. The van der Waals surface area contributed by atoms with Gasteiger partial charge in [-0.2, -0.15) is 0 Å². The van der Waals surface area contributed by atoms with Gasteiger partial charge in [0.15, 0.2) is 11.2 Å². The number of hydrogen-bond acceptors (Lipinski definition) is 5. The molecule has 160 valence electrons. The first-order valence-corrected chi connectivity index (χ1v) is 10.5. The van der Waals surface area contributed by atoms with Gasteiger partial charge in [-0.3, -0.25) is 14.3 Å². The number of unbranched alkanes of at least 4 members (excludes halogenated alkanes) is 1. The lowest BCUT2D eigenvalue weighted by Gasteiger charge is -2.09. The lowest BCUT2D eigenvalue weighted by Crippen LogP contribution is -2.31. The van der Waals surface area contributed by atoms with Crippen molar-refractivity contribution in [2.75, 3.05) is 0 Å². The van der Waals surface area contributed by atoms with Crippen LogP contribution in [0.4, 0.5) is 4.39 Å². The van der Waals surface area contributed by atoms with E-state index in [2.05, 4.69) is 25.9 Å². The number of aryl methyl sites for hydroxylation is 2. The van der Waals surface area contributed by atoms with Gasteiger partial charge in [0.2, 0.25) is 0 Å². The zero-order valence-electron chi connectivity index (χ0n) is 16.7. The summed E-state index contributed by atoms with van der Waals surface area (Å²) in [5.74, 6) is -1.23. The van der Waals surface area contributed by atoms with Crippen molar-refractivity contribution in [1.29, 1.82) is 0 Å². The summed E-state index contributed by atoms with van der Waals surface area (Å²) in [6.07, 6.45) is 2.31. The molecule has 2 heterocycles. The fourth-order valence-electron chi connectivity index (χ4n) is 3.18. The Morgan fingerprint density at radius 1 is 1.20 bits per heavy atom. The lowest BCUT2D eigenvalue weighted by atomic mass is 10.2. The van der Waals surface area contributed by atoms with Gasteiger partial charge in [0, 0.05) is 17.6 Å². The maximum Gasteiger partial charge on any atom is 0.341 e. The third-order valence-electron chi connectivity index (χ3n) is 4.63. The zero-order chi connectivity index (χ0) is 21.8. The average Bonchev–Trinajstić information content (AvgIpc) is 3.07. The largest absolute Gasteiger partial charge is 0.454 e. The van der Waals surface area contributed by atoms with Crippen molar-refractivity contribution in [2.24, 2.45) is 0 Å². The molecule has 0 aliphatic rings. The van der Waals surface area contributed by atoms with E-state index < -0.39 is 23.0 Å². The summed E-state index contributed by atoms with van der Waals surface area (Å²) in [5, 5.41) is 0. The Hall–Kier alpha value is -2.75. The molecule has 0 spiro atoms. The van der Waals surface area contributed by atoms with Gasteiger partial charge in [-0.05, 0) is 31.0 Å². The molecule has 0 saturated heterocycles. The molecular weight excluding hydrogens is 459 g/mol. The normalized spacial score (nSPS) is 11.2. The first-order valence-electron chi connectivity index (χ1n) is 9.71. The van der Waals surface area contributed by atoms with E-state index in [-0.39, 0.29) is 23.3 Å². The number of nitrogens with zero attached hydrogens (tertiary/aromatic N) is 3. The zero-order valence-corrected chi connectivity index (χ0v) is 18.3. The van der Waals surface area contributed by atoms with E-state index in [9.17, 15) is 18.8 Å². The Bertz CT molecular complexity index is 1200. The van der Waals surface area contributed by atoms with Gasteiger partial charge in [-0.25, -0.2) is 19.0 Å². The Morgan fingerprint density at radius 2 is 1.97 bits per heavy atom. The third kappa shape index (κ3) is 4.38. The van der Waals surface area contributed by atoms with Crippen molar-refractivity contribution < 1.29 is 13.9 Å². The van der Waals surface area contributed by atoms with Gasteiger partial charge in [-0.15, -0.1) is 0 Å². The van der Waals surface area contributed by atoms with E-state index in [1.807, 2.05) is 13.8 Å². The van der Waals surface area contributed by atoms with Crippen LogP contribution < -0.4 is 11.2 Å². The number of carbonyl (C=O) groups excluding carboxylic acids is 1. The highest BCUT2D eigenvalue weighted by molar-refractivity contribution is 9.10. The Kier molecular flexibility index (Phi) is 6.86. The van der Waals surface area contributed by atoms with Gasteiger partial charge in [0.05, 0.1) is 5.56 Å². The lowest BCUT2D eigenvalue weighted by molar-refractivity contribution is 0.0453. The number of ether oxygens (including phenoxy) is 1. The van der Waals surface area contributed by atoms with Crippen molar-refractivity contribution in [3.05, 3.63) is 60.7 Å². The number of hydrogen-bond donors (Lipinski definition) is 1. The van der Waals surface area contributed by atoms with Crippen LogP contribution >= 0.6 is 15.9 Å². The van der Waals surface area contributed by atoms with Crippen LogP contribution in [0.1, 0.15) is 49.3 Å². The summed E-state index contributed by atoms with van der Waals surface area (Å²) in [6.45, 7) is 4.52. The molecule has 0 bridgehead atoms. The van der Waals surface area contributed by atoms with Gasteiger partial charge >= 0.3 is 11.7 Å². The average molecular weight is 481 g/mol. The highest BCUT2D eigenvalue weighted by atomic mass is 79.9. The Balaban J connectivity index is 2.00. The van der Waals surface area contributed by atoms with Crippen LogP contribution in [-0.4, -0.2) is 25.1 Å². The topological polar surface area (TPSA) is 99.0 Å². The SMILES string of the molecule is CCCCn1c(=O)[nH]c(=O)c2c1nc(COC(=O)c1cc(Br)ccc1F)n2CCC. The van der Waals surface area contributed by atoms with Gasteiger partial charge in [0.25, 0.3) is 5.56 Å². The molecule has 0 atom stereocenters. The number of carbonyl (C=O) groups is 1. The van der Waals surface area contributed by atoms with E-state index >= 15 is 0 Å². The summed E-state index contributed by atoms with van der Waals surface area (Å²) in [5.41, 5.74) is -0.765. The number of nitrogens with one attached hydrogen (secondary N) is 1. The highest BCUT2D eigenvalue weighted by Crippen LogP contribution is 2.18. The molecular formula is C20H22BrFN4O4. The summed E-state index contributed by atoms with van der Waals surface area (Å²) >= 11 is 3.20. The second-order valence-corrected chi connectivity index (χ2v) is 7.73. The quantitative estimate of drug-likeness (QED) is 0.498. The van der Waals surface area contributed by atoms with E-state index in [1.54, 1.807) is 4.57 Å². The van der Waals surface area contributed by atoms with Gasteiger partial charge in [0.1, 0.15) is 18.2 Å². The smallest absolute Gasteiger partial charge is 0.341 e. The first-order chi connectivity index (χ1) is 14.4. The Morgan fingerprint density at radius 3 is 2.67 bits per heavy atom. The van der Waals surface area contributed by atoms with Crippen LogP contribution in [-0.2, 0) is 24.4 Å². The molecule has 10 heteroatoms. The minimum Gasteiger partial charge on any atom is -0.454 e. The summed E-state index contributed by atoms with van der Waals surface area (Å²) in [6, 6.07) is 3.98. The second-order valence-electron chi connectivity index (χ2n) is 6.82. The summed E-state index contributed by atoms with van der Waals surface area (Å²) < 4.78 is 22.8. The monoisotopic (exact) mass is 480 g/mol. The molecule has 0 aliphatic carbocycles. The van der Waals surface area contributed by atoms with Crippen molar-refractivity contribution in [3.63, 3.8) is 0 Å². The molecule has 1 aromatic carbocycles. The number of halogens is 2. The fraction of sp³-hybridized carbons (Fsp3) is 0.400. The van der Waals surface area contributed by atoms with Gasteiger partial charge < -0.3 is 9.30 Å². The molecule has 0 aliphatic heterocycles. The van der Waals surface area contributed by atoms with Gasteiger partial charge in [-0.1, -0.05) is 36.2 Å². The molecule has 2 aromatic heterocycles. The minimum absolute atomic E-state index is 0.208.